The molecule has 1 fully saturated rings. The summed E-state index contributed by atoms with van der Waals surface area (Å²) in [6.45, 7) is 1.03. The maximum atomic E-state index is 12.5. The molecule has 0 aliphatic heterocycles. The molecule has 114 valence electrons. The molecule has 0 N–H and O–H groups in total. The van der Waals surface area contributed by atoms with Gasteiger partial charge in [0, 0.05) is 16.7 Å². The Kier molecular flexibility index (Phi) is 4.78. The van der Waals surface area contributed by atoms with Crippen LogP contribution in [0.2, 0.25) is 0 Å². The molecule has 0 radical (unpaired) electrons. The lowest BCUT2D eigenvalue weighted by atomic mass is 10.2. The van der Waals surface area contributed by atoms with Gasteiger partial charge in [0.1, 0.15) is 6.61 Å². The van der Waals surface area contributed by atoms with Crippen LogP contribution in [0, 0.1) is 5.92 Å². The van der Waals surface area contributed by atoms with Gasteiger partial charge in [-0.05, 0) is 48.6 Å². The van der Waals surface area contributed by atoms with Gasteiger partial charge in [-0.25, -0.2) is 4.79 Å². The number of amides is 1. The van der Waals surface area contributed by atoms with Gasteiger partial charge in [0.2, 0.25) is 0 Å². The van der Waals surface area contributed by atoms with E-state index in [9.17, 15) is 4.79 Å². The van der Waals surface area contributed by atoms with Crippen LogP contribution in [-0.2, 0) is 11.3 Å². The molecule has 0 spiro atoms. The number of hydrogen-bond donors (Lipinski definition) is 0. The van der Waals surface area contributed by atoms with Crippen LogP contribution in [0.3, 0.4) is 0 Å². The van der Waals surface area contributed by atoms with Crippen molar-refractivity contribution in [1.82, 2.24) is 0 Å². The van der Waals surface area contributed by atoms with Crippen molar-refractivity contribution in [3.8, 4) is 0 Å². The van der Waals surface area contributed by atoms with Gasteiger partial charge < -0.3 is 4.74 Å². The minimum atomic E-state index is -0.280. The third kappa shape index (κ3) is 4.10. The third-order valence-corrected chi connectivity index (χ3v) is 4.23. The van der Waals surface area contributed by atoms with Crippen LogP contribution in [0.15, 0.2) is 59.1 Å². The quantitative estimate of drug-likeness (QED) is 0.751. The predicted molar refractivity (Wildman–Crippen MR) is 90.8 cm³/mol. The highest BCUT2D eigenvalue weighted by atomic mass is 79.9. The number of halogens is 1. The molecular weight excluding hydrogens is 342 g/mol. The molecule has 22 heavy (non-hydrogen) atoms. The summed E-state index contributed by atoms with van der Waals surface area (Å²) in [4.78, 5) is 14.2. The molecule has 0 atom stereocenters. The fourth-order valence-corrected chi connectivity index (χ4v) is 2.53. The Hall–Kier alpha value is -1.81. The van der Waals surface area contributed by atoms with E-state index in [1.807, 2.05) is 54.6 Å². The van der Waals surface area contributed by atoms with Gasteiger partial charge in [0.05, 0.1) is 0 Å². The summed E-state index contributed by atoms with van der Waals surface area (Å²) in [6, 6.07) is 17.5. The molecule has 0 saturated heterocycles. The summed E-state index contributed by atoms with van der Waals surface area (Å²) in [7, 11) is 0. The standard InChI is InChI=1S/C18H18BrNO2/c19-16-8-10-17(11-9-16)20(12-14-6-7-14)18(21)22-13-15-4-2-1-3-5-15/h1-5,8-11,14H,6-7,12-13H2. The number of ether oxygens (including phenoxy) is 1. The highest BCUT2D eigenvalue weighted by Gasteiger charge is 2.28. The zero-order valence-electron chi connectivity index (χ0n) is 12.2. The Balaban J connectivity index is 1.68. The largest absolute Gasteiger partial charge is 0.444 e. The van der Waals surface area contributed by atoms with Crippen LogP contribution in [0.1, 0.15) is 18.4 Å². The lowest BCUT2D eigenvalue weighted by Crippen LogP contribution is -2.33. The lowest BCUT2D eigenvalue weighted by Gasteiger charge is -2.22. The van der Waals surface area contributed by atoms with Crippen molar-refractivity contribution in [3.05, 3.63) is 64.6 Å². The average Bonchev–Trinajstić information content (AvgIpc) is 3.36. The third-order valence-electron chi connectivity index (χ3n) is 3.70. The number of rotatable bonds is 5. The number of benzene rings is 2. The number of hydrogen-bond acceptors (Lipinski definition) is 2. The average molecular weight is 360 g/mol. The SMILES string of the molecule is O=C(OCc1ccccc1)N(CC1CC1)c1ccc(Br)cc1. The molecule has 1 aliphatic rings. The maximum absolute atomic E-state index is 12.5. The van der Waals surface area contributed by atoms with Crippen molar-refractivity contribution in [3.63, 3.8) is 0 Å². The van der Waals surface area contributed by atoms with Gasteiger partial charge in [-0.1, -0.05) is 46.3 Å². The second-order valence-corrected chi connectivity index (χ2v) is 6.49. The van der Waals surface area contributed by atoms with Crippen LogP contribution in [0.4, 0.5) is 10.5 Å². The monoisotopic (exact) mass is 359 g/mol. The van der Waals surface area contributed by atoms with Gasteiger partial charge in [-0.15, -0.1) is 0 Å². The van der Waals surface area contributed by atoms with E-state index in [1.165, 1.54) is 12.8 Å². The van der Waals surface area contributed by atoms with E-state index in [1.54, 1.807) is 4.90 Å². The molecule has 2 aromatic rings. The summed E-state index contributed by atoms with van der Waals surface area (Å²) >= 11 is 3.42. The molecule has 0 bridgehead atoms. The van der Waals surface area contributed by atoms with Crippen LogP contribution in [-0.4, -0.2) is 12.6 Å². The summed E-state index contributed by atoms with van der Waals surface area (Å²) in [5, 5.41) is 0. The van der Waals surface area contributed by atoms with Gasteiger partial charge in [0.25, 0.3) is 0 Å². The van der Waals surface area contributed by atoms with E-state index >= 15 is 0 Å². The number of carbonyl (C=O) groups is 1. The molecule has 4 heteroatoms. The van der Waals surface area contributed by atoms with Crippen LogP contribution >= 0.6 is 15.9 Å². The van der Waals surface area contributed by atoms with E-state index in [4.69, 9.17) is 4.74 Å². The van der Waals surface area contributed by atoms with E-state index < -0.39 is 0 Å². The van der Waals surface area contributed by atoms with E-state index in [0.29, 0.717) is 12.5 Å². The fourth-order valence-electron chi connectivity index (χ4n) is 2.26. The number of anilines is 1. The minimum absolute atomic E-state index is 0.280. The molecule has 1 aliphatic carbocycles. The topological polar surface area (TPSA) is 29.5 Å². The normalized spacial score (nSPS) is 13.7. The Morgan fingerprint density at radius 1 is 1.09 bits per heavy atom. The molecule has 0 unspecified atom stereocenters. The molecule has 2 aromatic carbocycles. The maximum Gasteiger partial charge on any atom is 0.414 e. The van der Waals surface area contributed by atoms with Gasteiger partial charge in [-0.2, -0.15) is 0 Å². The Bertz CT molecular complexity index is 623. The first-order chi connectivity index (χ1) is 10.7. The molecule has 1 saturated carbocycles. The first-order valence-electron chi connectivity index (χ1n) is 7.46. The highest BCUT2D eigenvalue weighted by Crippen LogP contribution is 2.32. The van der Waals surface area contributed by atoms with E-state index in [2.05, 4.69) is 15.9 Å². The first kappa shape index (κ1) is 15.1. The molecule has 0 heterocycles. The van der Waals surface area contributed by atoms with E-state index in [-0.39, 0.29) is 6.09 Å². The molecule has 0 aromatic heterocycles. The fraction of sp³-hybridized carbons (Fsp3) is 0.278. The molecule has 3 rings (SSSR count). The minimum Gasteiger partial charge on any atom is -0.444 e. The Morgan fingerprint density at radius 2 is 1.77 bits per heavy atom. The predicted octanol–water partition coefficient (Wildman–Crippen LogP) is 5.00. The van der Waals surface area contributed by atoms with Gasteiger partial charge in [0.15, 0.2) is 0 Å². The lowest BCUT2D eigenvalue weighted by molar-refractivity contribution is 0.147. The smallest absolute Gasteiger partial charge is 0.414 e. The summed E-state index contributed by atoms with van der Waals surface area (Å²) < 4.78 is 6.48. The number of nitrogens with zero attached hydrogens (tertiary/aromatic N) is 1. The first-order valence-corrected chi connectivity index (χ1v) is 8.25. The molecular formula is C18H18BrNO2. The zero-order chi connectivity index (χ0) is 15.4. The van der Waals surface area contributed by atoms with Crippen LogP contribution < -0.4 is 4.90 Å². The molecule has 1 amide bonds. The van der Waals surface area contributed by atoms with Crippen molar-refractivity contribution >= 4 is 27.7 Å². The van der Waals surface area contributed by atoms with Crippen molar-refractivity contribution in [2.24, 2.45) is 5.92 Å². The Labute approximate surface area is 139 Å². The van der Waals surface area contributed by atoms with E-state index in [0.717, 1.165) is 22.3 Å². The Morgan fingerprint density at radius 3 is 2.41 bits per heavy atom. The van der Waals surface area contributed by atoms with Crippen LogP contribution in [0.25, 0.3) is 0 Å². The summed E-state index contributed by atoms with van der Waals surface area (Å²) in [5.41, 5.74) is 1.88. The summed E-state index contributed by atoms with van der Waals surface area (Å²) in [5.74, 6) is 0.605. The second-order valence-electron chi connectivity index (χ2n) is 5.57. The second kappa shape index (κ2) is 6.97. The summed E-state index contributed by atoms with van der Waals surface area (Å²) in [6.07, 6.45) is 2.11. The highest BCUT2D eigenvalue weighted by molar-refractivity contribution is 9.10. The van der Waals surface area contributed by atoms with Crippen molar-refractivity contribution < 1.29 is 9.53 Å². The van der Waals surface area contributed by atoms with Crippen molar-refractivity contribution in [2.75, 3.05) is 11.4 Å². The number of carbonyl (C=O) groups excluding carboxylic acids is 1. The zero-order valence-corrected chi connectivity index (χ0v) is 13.8. The van der Waals surface area contributed by atoms with Crippen molar-refractivity contribution in [1.29, 1.82) is 0 Å². The van der Waals surface area contributed by atoms with Gasteiger partial charge >= 0.3 is 6.09 Å². The van der Waals surface area contributed by atoms with Crippen molar-refractivity contribution in [2.45, 2.75) is 19.4 Å². The van der Waals surface area contributed by atoms with Crippen LogP contribution in [0.5, 0.6) is 0 Å². The molecule has 3 nitrogen and oxygen atoms in total. The van der Waals surface area contributed by atoms with Gasteiger partial charge in [-0.3, -0.25) is 4.90 Å².